The molecule has 0 saturated carbocycles. The van der Waals surface area contributed by atoms with Crippen LogP contribution in [0.4, 0.5) is 0 Å². The maximum absolute atomic E-state index is 13.3. The molecule has 3 rings (SSSR count). The van der Waals surface area contributed by atoms with Crippen LogP contribution in [0.2, 0.25) is 0 Å². The van der Waals surface area contributed by atoms with Gasteiger partial charge in [-0.15, -0.1) is 0 Å². The first-order valence-electron chi connectivity index (χ1n) is 8.42. The van der Waals surface area contributed by atoms with Gasteiger partial charge in [-0.2, -0.15) is 4.31 Å². The highest BCUT2D eigenvalue weighted by Crippen LogP contribution is 2.38. The van der Waals surface area contributed by atoms with Crippen LogP contribution in [0.1, 0.15) is 34.8 Å². The molecule has 1 heterocycles. The number of esters is 1. The zero-order valence-electron chi connectivity index (χ0n) is 15.0. The smallest absolute Gasteiger partial charge is 0.339 e. The Labute approximate surface area is 167 Å². The van der Waals surface area contributed by atoms with E-state index in [1.54, 1.807) is 13.2 Å². The number of sulfonamides is 1. The van der Waals surface area contributed by atoms with Gasteiger partial charge in [0.15, 0.2) is 0 Å². The fraction of sp³-hybridized carbons (Fsp3) is 0.316. The summed E-state index contributed by atoms with van der Waals surface area (Å²) in [4.78, 5) is 12.0. The van der Waals surface area contributed by atoms with E-state index in [1.807, 2.05) is 24.3 Å². The molecule has 0 radical (unpaired) electrons. The van der Waals surface area contributed by atoms with Gasteiger partial charge in [0.1, 0.15) is 5.75 Å². The van der Waals surface area contributed by atoms with Crippen molar-refractivity contribution in [3.63, 3.8) is 0 Å². The monoisotopic (exact) mass is 453 g/mol. The second-order valence-corrected chi connectivity index (χ2v) is 8.93. The van der Waals surface area contributed by atoms with Gasteiger partial charge in [0, 0.05) is 11.0 Å². The van der Waals surface area contributed by atoms with Gasteiger partial charge in [0.25, 0.3) is 0 Å². The number of hydrogen-bond donors (Lipinski definition) is 0. The van der Waals surface area contributed by atoms with Gasteiger partial charge < -0.3 is 9.47 Å². The highest BCUT2D eigenvalue weighted by atomic mass is 79.9. The van der Waals surface area contributed by atoms with Crippen molar-refractivity contribution in [2.45, 2.75) is 23.8 Å². The van der Waals surface area contributed by atoms with E-state index in [9.17, 15) is 13.2 Å². The van der Waals surface area contributed by atoms with Crippen LogP contribution < -0.4 is 4.74 Å². The average Bonchev–Trinajstić information content (AvgIpc) is 3.18. The van der Waals surface area contributed by atoms with Crippen LogP contribution in [0.15, 0.2) is 51.8 Å². The van der Waals surface area contributed by atoms with Crippen LogP contribution in [0.5, 0.6) is 5.75 Å². The van der Waals surface area contributed by atoms with E-state index in [0.29, 0.717) is 16.8 Å². The Kier molecular flexibility index (Phi) is 5.88. The van der Waals surface area contributed by atoms with Gasteiger partial charge in [-0.25, -0.2) is 13.2 Å². The summed E-state index contributed by atoms with van der Waals surface area (Å²) in [6.45, 7) is 0.424. The third-order valence-corrected chi connectivity index (χ3v) is 7.23. The van der Waals surface area contributed by atoms with Crippen LogP contribution in [0, 0.1) is 0 Å². The Balaban J connectivity index is 1.99. The van der Waals surface area contributed by atoms with Gasteiger partial charge >= 0.3 is 5.97 Å². The van der Waals surface area contributed by atoms with Crippen LogP contribution >= 0.6 is 15.9 Å². The molecule has 27 heavy (non-hydrogen) atoms. The third-order valence-electron chi connectivity index (χ3n) is 4.63. The summed E-state index contributed by atoms with van der Waals surface area (Å²) in [6.07, 6.45) is 1.49. The zero-order valence-corrected chi connectivity index (χ0v) is 17.4. The SMILES string of the molecule is COC(=O)c1cc(S(=O)(=O)N2CCC[C@H]2c2cccc(OC)c2)ccc1Br. The second-order valence-electron chi connectivity index (χ2n) is 6.18. The number of halogens is 1. The van der Waals surface area contributed by atoms with Gasteiger partial charge in [0.05, 0.1) is 30.7 Å². The summed E-state index contributed by atoms with van der Waals surface area (Å²) >= 11 is 3.26. The normalized spacial score (nSPS) is 17.7. The molecule has 1 atom stereocenters. The van der Waals surface area contributed by atoms with Crippen molar-refractivity contribution in [2.24, 2.45) is 0 Å². The standard InChI is InChI=1S/C19H20BrNO5S/c1-25-14-6-3-5-13(11-14)18-7-4-10-21(18)27(23,24)15-8-9-17(20)16(12-15)19(22)26-2/h3,5-6,8-9,11-12,18H,4,7,10H2,1-2H3/t18-/m0/s1. The molecule has 144 valence electrons. The van der Waals surface area contributed by atoms with Crippen molar-refractivity contribution in [1.82, 2.24) is 4.31 Å². The lowest BCUT2D eigenvalue weighted by Crippen LogP contribution is -2.30. The predicted octanol–water partition coefficient (Wildman–Crippen LogP) is 3.77. The van der Waals surface area contributed by atoms with Crippen molar-refractivity contribution in [2.75, 3.05) is 20.8 Å². The van der Waals surface area contributed by atoms with Gasteiger partial charge in [-0.1, -0.05) is 12.1 Å². The minimum absolute atomic E-state index is 0.0703. The first kappa shape index (κ1) is 19.9. The lowest BCUT2D eigenvalue weighted by atomic mass is 10.1. The number of carbonyl (C=O) groups excluding carboxylic acids is 1. The molecule has 0 N–H and O–H groups in total. The fourth-order valence-corrected chi connectivity index (χ4v) is 5.39. The highest BCUT2D eigenvalue weighted by Gasteiger charge is 2.36. The van der Waals surface area contributed by atoms with Crippen molar-refractivity contribution in [1.29, 1.82) is 0 Å². The second kappa shape index (κ2) is 8.00. The molecule has 1 aliphatic rings. The third kappa shape index (κ3) is 3.88. The molecule has 0 aromatic heterocycles. The van der Waals surface area contributed by atoms with E-state index in [-0.39, 0.29) is 16.5 Å². The molecule has 2 aromatic carbocycles. The molecule has 0 spiro atoms. The van der Waals surface area contributed by atoms with Crippen molar-refractivity contribution >= 4 is 31.9 Å². The van der Waals surface area contributed by atoms with Gasteiger partial charge in [0.2, 0.25) is 10.0 Å². The van der Waals surface area contributed by atoms with Gasteiger partial charge in [-0.3, -0.25) is 0 Å². The molecular weight excluding hydrogens is 434 g/mol. The van der Waals surface area contributed by atoms with Gasteiger partial charge in [-0.05, 0) is 64.7 Å². The van der Waals surface area contributed by atoms with Crippen molar-refractivity contribution in [3.05, 3.63) is 58.1 Å². The summed E-state index contributed by atoms with van der Waals surface area (Å²) in [7, 11) is -0.932. The molecule has 1 aliphatic heterocycles. The maximum Gasteiger partial charge on any atom is 0.339 e. The highest BCUT2D eigenvalue weighted by molar-refractivity contribution is 9.10. The quantitative estimate of drug-likeness (QED) is 0.644. The fourth-order valence-electron chi connectivity index (χ4n) is 3.28. The van der Waals surface area contributed by atoms with E-state index in [0.717, 1.165) is 18.4 Å². The lowest BCUT2D eigenvalue weighted by molar-refractivity contribution is 0.0599. The summed E-state index contributed by atoms with van der Waals surface area (Å²) in [6, 6.07) is 11.6. The number of hydrogen-bond acceptors (Lipinski definition) is 5. The average molecular weight is 454 g/mol. The van der Waals surface area contributed by atoms with E-state index < -0.39 is 16.0 Å². The van der Waals surface area contributed by atoms with E-state index in [1.165, 1.54) is 23.5 Å². The Morgan fingerprint density at radius 1 is 1.19 bits per heavy atom. The Hall–Kier alpha value is -1.90. The number of carbonyl (C=O) groups is 1. The summed E-state index contributed by atoms with van der Waals surface area (Å²) < 4.78 is 38.5. The zero-order chi connectivity index (χ0) is 19.6. The van der Waals surface area contributed by atoms with Crippen molar-refractivity contribution in [3.8, 4) is 5.75 Å². The first-order chi connectivity index (χ1) is 12.9. The van der Waals surface area contributed by atoms with Crippen LogP contribution in [0.3, 0.4) is 0 Å². The van der Waals surface area contributed by atoms with E-state index >= 15 is 0 Å². The maximum atomic E-state index is 13.3. The number of nitrogens with zero attached hydrogens (tertiary/aromatic N) is 1. The number of methoxy groups -OCH3 is 2. The molecule has 1 saturated heterocycles. The van der Waals surface area contributed by atoms with Crippen LogP contribution in [-0.4, -0.2) is 39.5 Å². The Bertz CT molecular complexity index is 960. The van der Waals surface area contributed by atoms with Crippen LogP contribution in [0.25, 0.3) is 0 Å². The molecule has 0 amide bonds. The molecule has 2 aromatic rings. The minimum Gasteiger partial charge on any atom is -0.497 e. The Morgan fingerprint density at radius 3 is 2.67 bits per heavy atom. The number of benzene rings is 2. The molecule has 6 nitrogen and oxygen atoms in total. The summed E-state index contributed by atoms with van der Waals surface area (Å²) in [5.41, 5.74) is 1.07. The van der Waals surface area contributed by atoms with Crippen molar-refractivity contribution < 1.29 is 22.7 Å². The van der Waals surface area contributed by atoms with E-state index in [4.69, 9.17) is 9.47 Å². The minimum atomic E-state index is -3.77. The largest absolute Gasteiger partial charge is 0.497 e. The lowest BCUT2D eigenvalue weighted by Gasteiger charge is -2.25. The van der Waals surface area contributed by atoms with Crippen LogP contribution in [-0.2, 0) is 14.8 Å². The molecule has 1 fully saturated rings. The predicted molar refractivity (Wildman–Crippen MR) is 104 cm³/mol. The molecule has 0 aliphatic carbocycles. The molecular formula is C19H20BrNO5S. The summed E-state index contributed by atoms with van der Waals surface area (Å²) in [5.74, 6) is 0.0954. The first-order valence-corrected chi connectivity index (χ1v) is 10.7. The molecule has 8 heteroatoms. The number of ether oxygens (including phenoxy) is 2. The van der Waals surface area contributed by atoms with E-state index in [2.05, 4.69) is 15.9 Å². The number of rotatable bonds is 5. The summed E-state index contributed by atoms with van der Waals surface area (Å²) in [5, 5.41) is 0. The topological polar surface area (TPSA) is 72.9 Å². The molecule has 0 unspecified atom stereocenters. The Morgan fingerprint density at radius 2 is 1.96 bits per heavy atom. The molecule has 0 bridgehead atoms.